The molecule has 0 spiro atoms. The van der Waals surface area contributed by atoms with Gasteiger partial charge in [-0.05, 0) is 54.8 Å². The maximum absolute atomic E-state index is 13.9. The van der Waals surface area contributed by atoms with E-state index in [4.69, 9.17) is 42.6 Å². The van der Waals surface area contributed by atoms with Crippen molar-refractivity contribution in [2.24, 2.45) is 10.8 Å². The highest BCUT2D eigenvalue weighted by Gasteiger charge is 2.69. The number of phenols is 1. The maximum atomic E-state index is 13.9. The van der Waals surface area contributed by atoms with Crippen molar-refractivity contribution in [1.29, 1.82) is 0 Å². The molecule has 2 aromatic carbocycles. The van der Waals surface area contributed by atoms with Crippen LogP contribution in [0, 0.1) is 10.8 Å². The van der Waals surface area contributed by atoms with Gasteiger partial charge in [-0.2, -0.15) is 0 Å². The van der Waals surface area contributed by atoms with Gasteiger partial charge in [0.15, 0.2) is 35.6 Å². The molecule has 0 amide bonds. The third kappa shape index (κ3) is 4.03. The predicted molar refractivity (Wildman–Crippen MR) is 148 cm³/mol. The average Bonchev–Trinajstić information content (AvgIpc) is 3.57. The molecule has 3 N–H and O–H groups in total. The van der Waals surface area contributed by atoms with E-state index in [9.17, 15) is 20.1 Å². The number of carbonyl (C=O) groups excluding carboxylic acids is 1. The van der Waals surface area contributed by atoms with Crippen LogP contribution < -0.4 is 18.9 Å². The minimum atomic E-state index is -1.46. The number of hydrogen-bond acceptors (Lipinski definition) is 13. The molecule has 13 nitrogen and oxygen atoms in total. The van der Waals surface area contributed by atoms with Gasteiger partial charge in [-0.3, -0.25) is 4.79 Å². The molecule has 4 aliphatic heterocycles. The zero-order chi connectivity index (χ0) is 31.1. The van der Waals surface area contributed by atoms with Crippen molar-refractivity contribution in [3.05, 3.63) is 41.0 Å². The van der Waals surface area contributed by atoms with Crippen LogP contribution in [0.5, 0.6) is 28.7 Å². The molecule has 0 saturated carbocycles. The van der Waals surface area contributed by atoms with E-state index in [2.05, 4.69) is 0 Å². The Morgan fingerprint density at radius 1 is 0.909 bits per heavy atom. The van der Waals surface area contributed by atoms with Gasteiger partial charge in [0.1, 0.15) is 31.0 Å². The summed E-state index contributed by atoms with van der Waals surface area (Å²) in [6, 6.07) is 6.96. The molecule has 0 bridgehead atoms. The summed E-state index contributed by atoms with van der Waals surface area (Å²) in [5.74, 6) is 0.0406. The summed E-state index contributed by atoms with van der Waals surface area (Å²) in [6.07, 6.45) is -7.01. The van der Waals surface area contributed by atoms with E-state index in [1.54, 1.807) is 25.1 Å². The van der Waals surface area contributed by atoms with E-state index in [0.29, 0.717) is 28.2 Å². The monoisotopic (exact) mass is 616 g/mol. The fraction of sp³-hybridized carbons (Fsp3) is 0.581. The summed E-state index contributed by atoms with van der Waals surface area (Å²) in [7, 11) is 2.87. The van der Waals surface area contributed by atoms with Crippen LogP contribution in [0.4, 0.5) is 0 Å². The third-order valence-electron chi connectivity index (χ3n) is 10.0. The van der Waals surface area contributed by atoms with Gasteiger partial charge in [-0.15, -0.1) is 0 Å². The molecule has 44 heavy (non-hydrogen) atoms. The molecule has 1 unspecified atom stereocenters. The molecule has 5 aliphatic rings. The fourth-order valence-electron chi connectivity index (χ4n) is 7.41. The average molecular weight is 617 g/mol. The van der Waals surface area contributed by atoms with Gasteiger partial charge in [0.25, 0.3) is 0 Å². The zero-order valence-electron chi connectivity index (χ0n) is 25.0. The van der Waals surface area contributed by atoms with Gasteiger partial charge < -0.3 is 58.0 Å². The largest absolute Gasteiger partial charge is 0.502 e. The SMILES string of the molecule is COc1cc([C@@H]2c3cc4c(cc3[C@@H](O[C@@H]3O[C@@H]5COC(C)O[C@H]5[C@H](O)[C@H]3O)[C@@]3(C)COC(=O)[C@]23C)OCO4)cc(OC)c1O. The van der Waals surface area contributed by atoms with Crippen LogP contribution in [-0.2, 0) is 28.5 Å². The lowest BCUT2D eigenvalue weighted by Crippen LogP contribution is -2.63. The number of methoxy groups -OCH3 is 2. The molecule has 0 aromatic heterocycles. The van der Waals surface area contributed by atoms with Crippen molar-refractivity contribution in [3.8, 4) is 28.7 Å². The number of rotatable bonds is 5. The number of benzene rings is 2. The van der Waals surface area contributed by atoms with E-state index in [1.165, 1.54) is 14.2 Å². The van der Waals surface area contributed by atoms with Gasteiger partial charge in [-0.1, -0.05) is 6.92 Å². The van der Waals surface area contributed by atoms with E-state index in [0.717, 1.165) is 0 Å². The third-order valence-corrected chi connectivity index (χ3v) is 10.0. The molecule has 238 valence electrons. The first kappa shape index (κ1) is 29.4. The van der Waals surface area contributed by atoms with Crippen LogP contribution in [0.15, 0.2) is 24.3 Å². The molecule has 13 heteroatoms. The second kappa shape index (κ2) is 10.4. The summed E-state index contributed by atoms with van der Waals surface area (Å²) >= 11 is 0. The van der Waals surface area contributed by atoms with Crippen LogP contribution in [0.2, 0.25) is 0 Å². The lowest BCUT2D eigenvalue weighted by atomic mass is 9.50. The number of ether oxygens (including phenoxy) is 9. The first-order valence-corrected chi connectivity index (χ1v) is 14.5. The van der Waals surface area contributed by atoms with Gasteiger partial charge in [0.05, 0.1) is 32.3 Å². The van der Waals surface area contributed by atoms with Crippen molar-refractivity contribution in [3.63, 3.8) is 0 Å². The van der Waals surface area contributed by atoms with E-state index in [1.807, 2.05) is 19.9 Å². The smallest absolute Gasteiger partial charge is 0.313 e. The Balaban J connectivity index is 1.38. The molecular weight excluding hydrogens is 580 g/mol. The van der Waals surface area contributed by atoms with E-state index < -0.39 is 65.8 Å². The standard InChI is InChI=1S/C31H36O13/c1-13-38-10-21-26(42-13)24(33)25(34)28(43-21)44-27-16-9-18-17(40-12-41-18)8-15(16)22(31(3)29(35)39-11-30(27,31)2)14-6-19(36-4)23(32)20(7-14)37-5/h6-9,13,21-22,24-28,32-34H,10-12H2,1-5H3/t13?,21-,22-,24-,25-,26-,27-,28+,30-,31+/m1/s1. The summed E-state index contributed by atoms with van der Waals surface area (Å²) in [5, 5.41) is 32.9. The summed E-state index contributed by atoms with van der Waals surface area (Å²) in [5.41, 5.74) is -0.332. The van der Waals surface area contributed by atoms with Crippen LogP contribution >= 0.6 is 0 Å². The van der Waals surface area contributed by atoms with Crippen LogP contribution in [0.3, 0.4) is 0 Å². The molecule has 3 saturated heterocycles. The Morgan fingerprint density at radius 3 is 2.23 bits per heavy atom. The Bertz CT molecular complexity index is 1450. The number of fused-ring (bicyclic) bond motifs is 4. The number of hydrogen-bond donors (Lipinski definition) is 3. The summed E-state index contributed by atoms with van der Waals surface area (Å²) in [6.45, 7) is 5.56. The van der Waals surface area contributed by atoms with Gasteiger partial charge >= 0.3 is 5.97 Å². The quantitative estimate of drug-likeness (QED) is 0.420. The number of esters is 1. The number of phenolic OH excluding ortho intramolecular Hbond substituents is 1. The van der Waals surface area contributed by atoms with Crippen LogP contribution in [0.1, 0.15) is 49.5 Å². The van der Waals surface area contributed by atoms with Crippen molar-refractivity contribution in [2.75, 3.05) is 34.2 Å². The number of carbonyl (C=O) groups is 1. The molecular formula is C31H36O13. The minimum absolute atomic E-state index is 0.00903. The molecule has 3 fully saturated rings. The fourth-order valence-corrected chi connectivity index (χ4v) is 7.41. The topological polar surface area (TPSA) is 161 Å². The molecule has 10 atom stereocenters. The van der Waals surface area contributed by atoms with Gasteiger partial charge in [-0.25, -0.2) is 0 Å². The molecule has 0 radical (unpaired) electrons. The van der Waals surface area contributed by atoms with Gasteiger partial charge in [0.2, 0.25) is 12.5 Å². The highest BCUT2D eigenvalue weighted by atomic mass is 16.8. The van der Waals surface area contributed by atoms with Crippen molar-refractivity contribution in [1.82, 2.24) is 0 Å². The summed E-state index contributed by atoms with van der Waals surface area (Å²) < 4.78 is 52.3. The Labute approximate surface area is 253 Å². The number of aliphatic hydroxyl groups is 2. The van der Waals surface area contributed by atoms with Crippen molar-refractivity contribution >= 4 is 5.97 Å². The van der Waals surface area contributed by atoms with Crippen molar-refractivity contribution < 1.29 is 62.7 Å². The van der Waals surface area contributed by atoms with Gasteiger partial charge in [0, 0.05) is 11.3 Å². The Kier molecular flexibility index (Phi) is 6.92. The highest BCUT2D eigenvalue weighted by molar-refractivity contribution is 5.84. The van der Waals surface area contributed by atoms with Crippen LogP contribution in [0.25, 0.3) is 0 Å². The lowest BCUT2D eigenvalue weighted by Gasteiger charge is -2.53. The highest BCUT2D eigenvalue weighted by Crippen LogP contribution is 2.68. The van der Waals surface area contributed by atoms with E-state index in [-0.39, 0.29) is 37.3 Å². The number of cyclic esters (lactones) is 1. The maximum Gasteiger partial charge on any atom is 0.313 e. The second-order valence-electron chi connectivity index (χ2n) is 12.3. The Hall–Kier alpha value is -3.33. The number of aliphatic hydroxyl groups excluding tert-OH is 2. The molecule has 2 aromatic rings. The predicted octanol–water partition coefficient (Wildman–Crippen LogP) is 2.12. The van der Waals surface area contributed by atoms with E-state index >= 15 is 0 Å². The first-order chi connectivity index (χ1) is 21.0. The minimum Gasteiger partial charge on any atom is -0.502 e. The normalized spacial score (nSPS) is 38.8. The lowest BCUT2D eigenvalue weighted by molar-refractivity contribution is -0.368. The Morgan fingerprint density at radius 2 is 1.57 bits per heavy atom. The molecule has 1 aliphatic carbocycles. The summed E-state index contributed by atoms with van der Waals surface area (Å²) in [4.78, 5) is 13.9. The number of aromatic hydroxyl groups is 1. The second-order valence-corrected chi connectivity index (χ2v) is 12.3. The van der Waals surface area contributed by atoms with Crippen LogP contribution in [-0.4, -0.2) is 92.5 Å². The zero-order valence-corrected chi connectivity index (χ0v) is 25.0. The van der Waals surface area contributed by atoms with Crippen molar-refractivity contribution in [2.45, 2.75) is 69.8 Å². The molecule has 4 heterocycles. The molecule has 7 rings (SSSR count). The first-order valence-electron chi connectivity index (χ1n) is 14.5.